The van der Waals surface area contributed by atoms with Gasteiger partial charge in [0.25, 0.3) is 0 Å². The Bertz CT molecular complexity index is 458. The quantitative estimate of drug-likeness (QED) is 0.791. The molecule has 0 aliphatic heterocycles. The molecule has 0 radical (unpaired) electrons. The van der Waals surface area contributed by atoms with E-state index in [-0.39, 0.29) is 11.4 Å². The van der Waals surface area contributed by atoms with Gasteiger partial charge in [0, 0.05) is 19.3 Å². The van der Waals surface area contributed by atoms with Crippen LogP contribution in [0, 0.1) is 5.92 Å². The zero-order valence-electron chi connectivity index (χ0n) is 10.2. The van der Waals surface area contributed by atoms with Crippen molar-refractivity contribution < 1.29 is 8.42 Å². The highest BCUT2D eigenvalue weighted by molar-refractivity contribution is 7.89. The number of rotatable bonds is 6. The Morgan fingerprint density at radius 3 is 2.76 bits per heavy atom. The average molecular weight is 257 g/mol. The van der Waals surface area contributed by atoms with Crippen LogP contribution in [0.2, 0.25) is 0 Å². The number of sulfonamides is 1. The zero-order chi connectivity index (χ0) is 12.9. The summed E-state index contributed by atoms with van der Waals surface area (Å²) in [6.45, 7) is 4.63. The summed E-state index contributed by atoms with van der Waals surface area (Å²) < 4.78 is 26.5. The Kier molecular flexibility index (Phi) is 5.04. The first-order valence-corrected chi connectivity index (χ1v) is 7.09. The fraction of sp³-hybridized carbons (Fsp3) is 0.545. The molecular weight excluding hydrogens is 238 g/mol. The van der Waals surface area contributed by atoms with Crippen molar-refractivity contribution in [3.8, 4) is 0 Å². The molecule has 1 aromatic heterocycles. The smallest absolute Gasteiger partial charge is 0.242 e. The molecule has 5 nitrogen and oxygen atoms in total. The molecule has 3 N–H and O–H groups in total. The lowest BCUT2D eigenvalue weighted by Gasteiger charge is -2.10. The minimum atomic E-state index is -3.49. The second-order valence-electron chi connectivity index (χ2n) is 4.23. The van der Waals surface area contributed by atoms with E-state index < -0.39 is 10.0 Å². The molecule has 0 unspecified atom stereocenters. The lowest BCUT2D eigenvalue weighted by atomic mass is 10.1. The van der Waals surface area contributed by atoms with Crippen LogP contribution in [0.3, 0.4) is 0 Å². The van der Waals surface area contributed by atoms with Gasteiger partial charge in [0.2, 0.25) is 10.0 Å². The van der Waals surface area contributed by atoms with E-state index in [0.29, 0.717) is 18.2 Å². The fourth-order valence-electron chi connectivity index (χ4n) is 1.38. The van der Waals surface area contributed by atoms with Gasteiger partial charge in [-0.3, -0.25) is 4.98 Å². The molecule has 0 spiro atoms. The van der Waals surface area contributed by atoms with E-state index in [2.05, 4.69) is 9.71 Å². The lowest BCUT2D eigenvalue weighted by molar-refractivity contribution is 0.550. The minimum Gasteiger partial charge on any atom is -0.325 e. The first kappa shape index (κ1) is 14.1. The van der Waals surface area contributed by atoms with Crippen molar-refractivity contribution >= 4 is 10.0 Å². The Labute approximate surface area is 102 Å². The molecule has 96 valence electrons. The molecule has 0 aliphatic carbocycles. The van der Waals surface area contributed by atoms with Gasteiger partial charge in [-0.25, -0.2) is 13.1 Å². The van der Waals surface area contributed by atoms with Gasteiger partial charge in [-0.05, 0) is 24.5 Å². The van der Waals surface area contributed by atoms with Crippen LogP contribution in [0.15, 0.2) is 23.2 Å². The van der Waals surface area contributed by atoms with E-state index in [0.717, 1.165) is 6.42 Å². The van der Waals surface area contributed by atoms with Gasteiger partial charge in [0.15, 0.2) is 0 Å². The molecule has 1 aromatic rings. The highest BCUT2D eigenvalue weighted by atomic mass is 32.2. The molecule has 1 rings (SSSR count). The lowest BCUT2D eigenvalue weighted by Crippen LogP contribution is -2.27. The van der Waals surface area contributed by atoms with E-state index in [4.69, 9.17) is 5.73 Å². The third-order valence-electron chi connectivity index (χ3n) is 2.35. The van der Waals surface area contributed by atoms with Crippen molar-refractivity contribution in [3.05, 3.63) is 24.0 Å². The van der Waals surface area contributed by atoms with Crippen molar-refractivity contribution in [2.75, 3.05) is 6.54 Å². The topological polar surface area (TPSA) is 85.1 Å². The van der Waals surface area contributed by atoms with E-state index >= 15 is 0 Å². The molecule has 0 saturated heterocycles. The summed E-state index contributed by atoms with van der Waals surface area (Å²) in [5.74, 6) is 0.459. The van der Waals surface area contributed by atoms with Crippen molar-refractivity contribution in [3.63, 3.8) is 0 Å². The molecule has 0 atom stereocenters. The summed E-state index contributed by atoms with van der Waals surface area (Å²) in [5.41, 5.74) is 5.86. The predicted octanol–water partition coefficient (Wildman–Crippen LogP) is 0.865. The SMILES string of the molecule is CC(C)CCNS(=O)(=O)c1cccnc1CN. The first-order valence-electron chi connectivity index (χ1n) is 5.61. The number of hydrogen-bond donors (Lipinski definition) is 2. The molecule has 0 aromatic carbocycles. The molecule has 0 bridgehead atoms. The van der Waals surface area contributed by atoms with Crippen molar-refractivity contribution in [1.29, 1.82) is 0 Å². The summed E-state index contributed by atoms with van der Waals surface area (Å²) >= 11 is 0. The normalized spacial score (nSPS) is 12.0. The van der Waals surface area contributed by atoms with Crippen molar-refractivity contribution in [2.45, 2.75) is 31.7 Å². The van der Waals surface area contributed by atoms with Gasteiger partial charge in [-0.2, -0.15) is 0 Å². The van der Waals surface area contributed by atoms with Crippen LogP contribution in [-0.2, 0) is 16.6 Å². The maximum Gasteiger partial charge on any atom is 0.242 e. The molecule has 17 heavy (non-hydrogen) atoms. The maximum absolute atomic E-state index is 12.0. The Morgan fingerprint density at radius 2 is 2.18 bits per heavy atom. The first-order chi connectivity index (χ1) is 7.97. The highest BCUT2D eigenvalue weighted by Gasteiger charge is 2.17. The third-order valence-corrected chi connectivity index (χ3v) is 3.88. The summed E-state index contributed by atoms with van der Waals surface area (Å²) in [5, 5.41) is 0. The van der Waals surface area contributed by atoms with Crippen molar-refractivity contribution in [2.24, 2.45) is 11.7 Å². The molecule has 0 aliphatic rings. The van der Waals surface area contributed by atoms with Crippen LogP contribution >= 0.6 is 0 Å². The van der Waals surface area contributed by atoms with Crippen LogP contribution in [0.4, 0.5) is 0 Å². The zero-order valence-corrected chi connectivity index (χ0v) is 11.0. The average Bonchev–Trinajstić information content (AvgIpc) is 2.28. The second-order valence-corrected chi connectivity index (χ2v) is 5.97. The Hall–Kier alpha value is -0.980. The molecule has 0 saturated carbocycles. The summed E-state index contributed by atoms with van der Waals surface area (Å²) in [6, 6.07) is 3.11. The summed E-state index contributed by atoms with van der Waals surface area (Å²) in [6.07, 6.45) is 2.34. The monoisotopic (exact) mass is 257 g/mol. The molecular formula is C11H19N3O2S. The number of pyridine rings is 1. The molecule has 1 heterocycles. The number of hydrogen-bond acceptors (Lipinski definition) is 4. The Morgan fingerprint density at radius 1 is 1.47 bits per heavy atom. The number of nitrogens with two attached hydrogens (primary N) is 1. The fourth-order valence-corrected chi connectivity index (χ4v) is 2.63. The number of aromatic nitrogens is 1. The van der Waals surface area contributed by atoms with Gasteiger partial charge >= 0.3 is 0 Å². The molecule has 0 amide bonds. The Balaban J connectivity index is 2.82. The predicted molar refractivity (Wildman–Crippen MR) is 66.8 cm³/mol. The van der Waals surface area contributed by atoms with Crippen LogP contribution in [0.1, 0.15) is 26.0 Å². The standard InChI is InChI=1S/C11H19N3O2S/c1-9(2)5-7-14-17(15,16)11-4-3-6-13-10(11)8-12/h3-4,6,9,14H,5,7-8,12H2,1-2H3. The number of nitrogens with one attached hydrogen (secondary N) is 1. The van der Waals surface area contributed by atoms with Crippen LogP contribution in [-0.4, -0.2) is 19.9 Å². The minimum absolute atomic E-state index is 0.112. The van der Waals surface area contributed by atoms with E-state index in [1.165, 1.54) is 12.3 Å². The van der Waals surface area contributed by atoms with E-state index in [1.54, 1.807) is 6.07 Å². The van der Waals surface area contributed by atoms with Crippen LogP contribution in [0.5, 0.6) is 0 Å². The van der Waals surface area contributed by atoms with Gasteiger partial charge in [0.1, 0.15) is 4.90 Å². The summed E-state index contributed by atoms with van der Waals surface area (Å²) in [7, 11) is -3.49. The van der Waals surface area contributed by atoms with Crippen molar-refractivity contribution in [1.82, 2.24) is 9.71 Å². The van der Waals surface area contributed by atoms with Crippen LogP contribution < -0.4 is 10.5 Å². The van der Waals surface area contributed by atoms with Gasteiger partial charge < -0.3 is 5.73 Å². The summed E-state index contributed by atoms with van der Waals surface area (Å²) in [4.78, 5) is 4.13. The maximum atomic E-state index is 12.0. The highest BCUT2D eigenvalue weighted by Crippen LogP contribution is 2.12. The van der Waals surface area contributed by atoms with Crippen LogP contribution in [0.25, 0.3) is 0 Å². The number of nitrogens with zero attached hydrogens (tertiary/aromatic N) is 1. The van der Waals surface area contributed by atoms with Gasteiger partial charge in [-0.1, -0.05) is 13.8 Å². The largest absolute Gasteiger partial charge is 0.325 e. The third kappa shape index (κ3) is 4.07. The van der Waals surface area contributed by atoms with Gasteiger partial charge in [0.05, 0.1) is 5.69 Å². The molecule has 6 heteroatoms. The van der Waals surface area contributed by atoms with Gasteiger partial charge in [-0.15, -0.1) is 0 Å². The second kappa shape index (κ2) is 6.09. The molecule has 0 fully saturated rings. The van der Waals surface area contributed by atoms with E-state index in [1.807, 2.05) is 13.8 Å². The van der Waals surface area contributed by atoms with E-state index in [9.17, 15) is 8.42 Å².